The number of aromatic nitrogens is 1. The average Bonchev–Trinajstić information content (AvgIpc) is 3.20. The van der Waals surface area contributed by atoms with Gasteiger partial charge in [0.1, 0.15) is 11.2 Å². The van der Waals surface area contributed by atoms with Gasteiger partial charge in [-0.2, -0.15) is 0 Å². The molecule has 2 aromatic rings. The lowest BCUT2D eigenvalue weighted by atomic mass is 9.87. The summed E-state index contributed by atoms with van der Waals surface area (Å²) in [5.74, 6) is -0.310. The Morgan fingerprint density at radius 3 is 2.50 bits per heavy atom. The van der Waals surface area contributed by atoms with Gasteiger partial charge in [0.25, 0.3) is 11.8 Å². The van der Waals surface area contributed by atoms with Crippen molar-refractivity contribution in [1.29, 1.82) is 0 Å². The number of halogens is 1. The van der Waals surface area contributed by atoms with Crippen LogP contribution in [0.2, 0.25) is 5.02 Å². The molecule has 2 aliphatic heterocycles. The molecular formula is C20H21ClN4O3. The molecule has 0 atom stereocenters. The summed E-state index contributed by atoms with van der Waals surface area (Å²) in [4.78, 5) is 41.2. The fraction of sp³-hybridized carbons (Fsp3) is 0.350. The van der Waals surface area contributed by atoms with E-state index in [2.05, 4.69) is 5.32 Å². The summed E-state index contributed by atoms with van der Waals surface area (Å²) in [5.41, 5.74) is 0.391. The Bertz CT molecular complexity index is 946. The van der Waals surface area contributed by atoms with Crippen molar-refractivity contribution in [1.82, 2.24) is 19.7 Å². The highest BCUT2D eigenvalue weighted by Crippen LogP contribution is 2.31. The van der Waals surface area contributed by atoms with Gasteiger partial charge >= 0.3 is 6.03 Å². The van der Waals surface area contributed by atoms with Crippen LogP contribution in [0.4, 0.5) is 4.79 Å². The molecule has 0 aliphatic carbocycles. The number of hydrogen-bond acceptors (Lipinski definition) is 3. The Morgan fingerprint density at radius 2 is 1.86 bits per heavy atom. The SMILES string of the molecule is Cn1cccc1C(=O)N1CCC2(CC1)NC(=O)N(Cc1ccccc1Cl)C2=O. The topological polar surface area (TPSA) is 74.7 Å². The van der Waals surface area contributed by atoms with Gasteiger partial charge in [-0.25, -0.2) is 4.79 Å². The highest BCUT2D eigenvalue weighted by molar-refractivity contribution is 6.31. The zero-order chi connectivity index (χ0) is 19.9. The Labute approximate surface area is 167 Å². The van der Waals surface area contributed by atoms with Gasteiger partial charge in [-0.1, -0.05) is 29.8 Å². The molecule has 1 spiro atoms. The lowest BCUT2D eigenvalue weighted by Gasteiger charge is -2.37. The van der Waals surface area contributed by atoms with Crippen molar-refractivity contribution in [3.63, 3.8) is 0 Å². The maximum Gasteiger partial charge on any atom is 0.325 e. The van der Waals surface area contributed by atoms with Gasteiger partial charge < -0.3 is 14.8 Å². The minimum absolute atomic E-state index is 0.0629. The van der Waals surface area contributed by atoms with Crippen molar-refractivity contribution in [3.05, 3.63) is 58.9 Å². The van der Waals surface area contributed by atoms with Crippen molar-refractivity contribution in [2.24, 2.45) is 7.05 Å². The van der Waals surface area contributed by atoms with Crippen LogP contribution in [0.5, 0.6) is 0 Å². The summed E-state index contributed by atoms with van der Waals surface area (Å²) in [5, 5.41) is 3.39. The van der Waals surface area contributed by atoms with Crippen LogP contribution in [0.25, 0.3) is 0 Å². The highest BCUT2D eigenvalue weighted by Gasteiger charge is 2.52. The van der Waals surface area contributed by atoms with Crippen LogP contribution >= 0.6 is 11.6 Å². The molecule has 2 aliphatic rings. The number of aryl methyl sites for hydroxylation is 1. The lowest BCUT2D eigenvalue weighted by Crippen LogP contribution is -2.56. The Hall–Kier alpha value is -2.80. The first-order valence-corrected chi connectivity index (χ1v) is 9.57. The number of rotatable bonds is 3. The summed E-state index contributed by atoms with van der Waals surface area (Å²) in [6.45, 7) is 0.962. The predicted octanol–water partition coefficient (Wildman–Crippen LogP) is 2.41. The zero-order valence-corrected chi connectivity index (χ0v) is 16.3. The number of carbonyl (C=O) groups is 3. The van der Waals surface area contributed by atoms with Crippen LogP contribution in [0.3, 0.4) is 0 Å². The monoisotopic (exact) mass is 400 g/mol. The first-order valence-electron chi connectivity index (χ1n) is 9.19. The van der Waals surface area contributed by atoms with E-state index in [1.807, 2.05) is 25.4 Å². The molecule has 8 heteroatoms. The van der Waals surface area contributed by atoms with E-state index in [0.717, 1.165) is 5.56 Å². The standard InChI is InChI=1S/C20H21ClN4O3/c1-23-10-4-7-16(23)17(26)24-11-8-20(9-12-24)18(27)25(19(28)22-20)13-14-5-2-3-6-15(14)21/h2-7,10H,8-9,11-13H2,1H3,(H,22,28). The maximum atomic E-state index is 13.1. The molecule has 1 N–H and O–H groups in total. The number of nitrogens with zero attached hydrogens (tertiary/aromatic N) is 3. The predicted molar refractivity (Wildman–Crippen MR) is 104 cm³/mol. The summed E-state index contributed by atoms with van der Waals surface area (Å²) in [6, 6.07) is 10.4. The van der Waals surface area contributed by atoms with Crippen molar-refractivity contribution in [2.75, 3.05) is 13.1 Å². The normalized spacial score (nSPS) is 18.6. The largest absolute Gasteiger partial charge is 0.347 e. The quantitative estimate of drug-likeness (QED) is 0.804. The lowest BCUT2D eigenvalue weighted by molar-refractivity contribution is -0.133. The second-order valence-electron chi connectivity index (χ2n) is 7.29. The number of amides is 4. The molecule has 0 unspecified atom stereocenters. The summed E-state index contributed by atoms with van der Waals surface area (Å²) < 4.78 is 1.78. The Morgan fingerprint density at radius 1 is 1.14 bits per heavy atom. The van der Waals surface area contributed by atoms with Gasteiger partial charge in [0.2, 0.25) is 0 Å². The molecule has 0 saturated carbocycles. The van der Waals surface area contributed by atoms with Crippen molar-refractivity contribution >= 4 is 29.4 Å². The number of imide groups is 1. The fourth-order valence-electron chi connectivity index (χ4n) is 3.89. The van der Waals surface area contributed by atoms with Gasteiger partial charge in [0.15, 0.2) is 0 Å². The van der Waals surface area contributed by atoms with Crippen LogP contribution in [0, 0.1) is 0 Å². The Kier molecular flexibility index (Phi) is 4.63. The number of hydrogen-bond donors (Lipinski definition) is 1. The molecule has 0 bridgehead atoms. The van der Waals surface area contributed by atoms with Crippen molar-refractivity contribution in [3.8, 4) is 0 Å². The number of carbonyl (C=O) groups excluding carboxylic acids is 3. The number of piperidine rings is 1. The van der Waals surface area contributed by atoms with E-state index >= 15 is 0 Å². The summed E-state index contributed by atoms with van der Waals surface area (Å²) in [6.07, 6.45) is 2.62. The van der Waals surface area contributed by atoms with E-state index < -0.39 is 11.6 Å². The molecule has 0 radical (unpaired) electrons. The van der Waals surface area contributed by atoms with Gasteiger partial charge in [0, 0.05) is 31.4 Å². The van der Waals surface area contributed by atoms with Gasteiger partial charge in [0.05, 0.1) is 6.54 Å². The van der Waals surface area contributed by atoms with Crippen molar-refractivity contribution < 1.29 is 14.4 Å². The molecular weight excluding hydrogens is 380 g/mol. The third-order valence-electron chi connectivity index (χ3n) is 5.60. The van der Waals surface area contributed by atoms with Crippen LogP contribution in [0.15, 0.2) is 42.6 Å². The van der Waals surface area contributed by atoms with E-state index in [-0.39, 0.29) is 18.4 Å². The summed E-state index contributed by atoms with van der Waals surface area (Å²) >= 11 is 6.18. The molecule has 1 aromatic carbocycles. The molecule has 4 rings (SSSR count). The third kappa shape index (κ3) is 3.05. The van der Waals surface area contributed by atoms with E-state index in [1.54, 1.807) is 33.7 Å². The average molecular weight is 401 g/mol. The minimum atomic E-state index is -0.941. The molecule has 28 heavy (non-hydrogen) atoms. The number of likely N-dealkylation sites (tertiary alicyclic amines) is 1. The maximum absolute atomic E-state index is 13.1. The number of urea groups is 1. The second kappa shape index (κ2) is 6.98. The second-order valence-corrected chi connectivity index (χ2v) is 7.70. The zero-order valence-electron chi connectivity index (χ0n) is 15.5. The fourth-order valence-corrected chi connectivity index (χ4v) is 4.09. The number of benzene rings is 1. The van der Waals surface area contributed by atoms with E-state index in [1.165, 1.54) is 4.90 Å². The molecule has 2 fully saturated rings. The van der Waals surface area contributed by atoms with Crippen LogP contribution < -0.4 is 5.32 Å². The van der Waals surface area contributed by atoms with E-state index in [0.29, 0.717) is 36.6 Å². The molecule has 7 nitrogen and oxygen atoms in total. The van der Waals surface area contributed by atoms with Crippen LogP contribution in [-0.4, -0.2) is 50.8 Å². The van der Waals surface area contributed by atoms with Crippen LogP contribution in [0.1, 0.15) is 28.9 Å². The summed E-state index contributed by atoms with van der Waals surface area (Å²) in [7, 11) is 1.83. The molecule has 2 saturated heterocycles. The first-order chi connectivity index (χ1) is 13.4. The van der Waals surface area contributed by atoms with Gasteiger partial charge in [-0.05, 0) is 36.6 Å². The van der Waals surface area contributed by atoms with E-state index in [9.17, 15) is 14.4 Å². The molecule has 3 heterocycles. The van der Waals surface area contributed by atoms with Crippen molar-refractivity contribution in [2.45, 2.75) is 24.9 Å². The van der Waals surface area contributed by atoms with E-state index in [4.69, 9.17) is 11.6 Å². The van der Waals surface area contributed by atoms with Gasteiger partial charge in [-0.3, -0.25) is 14.5 Å². The molecule has 146 valence electrons. The van der Waals surface area contributed by atoms with Crippen LogP contribution in [-0.2, 0) is 18.4 Å². The van der Waals surface area contributed by atoms with Gasteiger partial charge in [-0.15, -0.1) is 0 Å². The highest BCUT2D eigenvalue weighted by atomic mass is 35.5. The molecule has 4 amide bonds. The first kappa shape index (κ1) is 18.6. The third-order valence-corrected chi connectivity index (χ3v) is 5.97. The Balaban J connectivity index is 1.46. The molecule has 1 aromatic heterocycles. The minimum Gasteiger partial charge on any atom is -0.347 e. The number of nitrogens with one attached hydrogen (secondary N) is 1. The smallest absolute Gasteiger partial charge is 0.325 e.